The molecule has 2 heteroatoms. The van der Waals surface area contributed by atoms with Gasteiger partial charge in [-0.1, -0.05) is 42.5 Å². The zero-order valence-electron chi connectivity index (χ0n) is 13.0. The monoisotopic (exact) mass is 281 g/mol. The Balaban J connectivity index is 1.94. The number of hydrogen-bond acceptors (Lipinski definition) is 1. The van der Waals surface area contributed by atoms with Crippen LogP contribution in [0.3, 0.4) is 0 Å². The Hall–Kier alpha value is -2.09. The van der Waals surface area contributed by atoms with Gasteiger partial charge in [-0.05, 0) is 56.9 Å². The minimum absolute atomic E-state index is 0.0166. The SMILES string of the molecule is CC(C)(C)NC(=O)c1ccc(CCc2ccccc2)cc1. The second-order valence-electron chi connectivity index (χ2n) is 6.39. The molecule has 2 aromatic carbocycles. The molecule has 110 valence electrons. The first-order chi connectivity index (χ1) is 9.94. The van der Waals surface area contributed by atoms with E-state index < -0.39 is 0 Å². The number of amides is 1. The maximum absolute atomic E-state index is 12.0. The summed E-state index contributed by atoms with van der Waals surface area (Å²) in [6.45, 7) is 5.96. The fraction of sp³-hybridized carbons (Fsp3) is 0.316. The first kappa shape index (κ1) is 15.3. The van der Waals surface area contributed by atoms with E-state index in [2.05, 4.69) is 29.6 Å². The van der Waals surface area contributed by atoms with E-state index in [9.17, 15) is 4.79 Å². The molecule has 1 amide bonds. The van der Waals surface area contributed by atoms with Crippen molar-refractivity contribution in [3.63, 3.8) is 0 Å². The van der Waals surface area contributed by atoms with Crippen molar-refractivity contribution in [1.29, 1.82) is 0 Å². The lowest BCUT2D eigenvalue weighted by molar-refractivity contribution is 0.0919. The summed E-state index contributed by atoms with van der Waals surface area (Å²) in [5.74, 6) is -0.0166. The Kier molecular flexibility index (Phi) is 4.79. The molecule has 0 saturated carbocycles. The largest absolute Gasteiger partial charge is 0.347 e. The first-order valence-corrected chi connectivity index (χ1v) is 7.39. The maximum Gasteiger partial charge on any atom is 0.251 e. The molecular formula is C19H23NO. The van der Waals surface area contributed by atoms with Crippen LogP contribution in [0.2, 0.25) is 0 Å². The van der Waals surface area contributed by atoms with Crippen LogP contribution in [0.5, 0.6) is 0 Å². The molecule has 0 aromatic heterocycles. The Morgan fingerprint density at radius 1 is 0.857 bits per heavy atom. The minimum atomic E-state index is -0.205. The van der Waals surface area contributed by atoms with Gasteiger partial charge in [-0.3, -0.25) is 4.79 Å². The van der Waals surface area contributed by atoms with Crippen molar-refractivity contribution in [2.75, 3.05) is 0 Å². The smallest absolute Gasteiger partial charge is 0.251 e. The number of benzene rings is 2. The molecule has 0 aliphatic heterocycles. The highest BCUT2D eigenvalue weighted by Crippen LogP contribution is 2.10. The molecule has 0 bridgehead atoms. The maximum atomic E-state index is 12.0. The third-order valence-electron chi connectivity index (χ3n) is 3.25. The van der Waals surface area contributed by atoms with Crippen molar-refractivity contribution < 1.29 is 4.79 Å². The standard InChI is InChI=1S/C19H23NO/c1-19(2,3)20-18(21)17-13-11-16(12-14-17)10-9-15-7-5-4-6-8-15/h4-8,11-14H,9-10H2,1-3H3,(H,20,21). The van der Waals surface area contributed by atoms with E-state index in [1.807, 2.05) is 51.1 Å². The van der Waals surface area contributed by atoms with Crippen molar-refractivity contribution in [1.82, 2.24) is 5.32 Å². The van der Waals surface area contributed by atoms with Crippen LogP contribution in [0.4, 0.5) is 0 Å². The molecule has 0 atom stereocenters. The van der Waals surface area contributed by atoms with Crippen LogP contribution >= 0.6 is 0 Å². The summed E-state index contributed by atoms with van der Waals surface area (Å²) in [5.41, 5.74) is 3.11. The van der Waals surface area contributed by atoms with E-state index in [1.54, 1.807) is 0 Å². The van der Waals surface area contributed by atoms with Crippen LogP contribution in [-0.2, 0) is 12.8 Å². The van der Waals surface area contributed by atoms with Gasteiger partial charge in [-0.15, -0.1) is 0 Å². The van der Waals surface area contributed by atoms with Gasteiger partial charge in [-0.2, -0.15) is 0 Å². The van der Waals surface area contributed by atoms with Crippen molar-refractivity contribution >= 4 is 5.91 Å². The molecule has 0 saturated heterocycles. The van der Waals surface area contributed by atoms with Crippen LogP contribution in [0, 0.1) is 0 Å². The topological polar surface area (TPSA) is 29.1 Å². The number of hydrogen-bond donors (Lipinski definition) is 1. The van der Waals surface area contributed by atoms with Crippen molar-refractivity contribution in [3.8, 4) is 0 Å². The molecule has 0 heterocycles. The summed E-state index contributed by atoms with van der Waals surface area (Å²) < 4.78 is 0. The summed E-state index contributed by atoms with van der Waals surface area (Å²) in [4.78, 5) is 12.0. The zero-order valence-corrected chi connectivity index (χ0v) is 13.0. The summed E-state index contributed by atoms with van der Waals surface area (Å²) in [6.07, 6.45) is 2.01. The van der Waals surface area contributed by atoms with E-state index in [4.69, 9.17) is 0 Å². The molecule has 0 aliphatic rings. The molecule has 0 aliphatic carbocycles. The van der Waals surface area contributed by atoms with Crippen molar-refractivity contribution in [2.24, 2.45) is 0 Å². The van der Waals surface area contributed by atoms with Crippen molar-refractivity contribution in [2.45, 2.75) is 39.2 Å². The molecule has 0 fully saturated rings. The normalized spacial score (nSPS) is 11.2. The van der Waals surface area contributed by atoms with Crippen LogP contribution < -0.4 is 5.32 Å². The average Bonchev–Trinajstić information content (AvgIpc) is 2.45. The van der Waals surface area contributed by atoms with Gasteiger partial charge < -0.3 is 5.32 Å². The van der Waals surface area contributed by atoms with Crippen molar-refractivity contribution in [3.05, 3.63) is 71.3 Å². The van der Waals surface area contributed by atoms with E-state index in [1.165, 1.54) is 11.1 Å². The zero-order chi connectivity index (χ0) is 15.3. The minimum Gasteiger partial charge on any atom is -0.347 e. The summed E-state index contributed by atoms with van der Waals surface area (Å²) in [5, 5.41) is 2.97. The second-order valence-corrected chi connectivity index (χ2v) is 6.39. The summed E-state index contributed by atoms with van der Waals surface area (Å²) >= 11 is 0. The average molecular weight is 281 g/mol. The quantitative estimate of drug-likeness (QED) is 0.901. The van der Waals surface area contributed by atoms with Gasteiger partial charge >= 0.3 is 0 Å². The summed E-state index contributed by atoms with van der Waals surface area (Å²) in [7, 11) is 0. The predicted molar refractivity (Wildman–Crippen MR) is 87.5 cm³/mol. The van der Waals surface area contributed by atoms with Gasteiger partial charge in [0.2, 0.25) is 0 Å². The molecule has 0 radical (unpaired) electrons. The molecule has 0 unspecified atom stereocenters. The lowest BCUT2D eigenvalue weighted by Crippen LogP contribution is -2.40. The number of aryl methyl sites for hydroxylation is 2. The van der Waals surface area contributed by atoms with Gasteiger partial charge in [0.05, 0.1) is 0 Å². The second kappa shape index (κ2) is 6.57. The van der Waals surface area contributed by atoms with Crippen LogP contribution in [0.1, 0.15) is 42.3 Å². The molecule has 1 N–H and O–H groups in total. The van der Waals surface area contributed by atoms with Gasteiger partial charge in [0.25, 0.3) is 5.91 Å². The fourth-order valence-corrected chi connectivity index (χ4v) is 2.17. The van der Waals surface area contributed by atoms with Gasteiger partial charge in [0.15, 0.2) is 0 Å². The van der Waals surface area contributed by atoms with E-state index in [0.29, 0.717) is 5.56 Å². The molecule has 2 rings (SSSR count). The lowest BCUT2D eigenvalue weighted by atomic mass is 10.0. The van der Waals surface area contributed by atoms with Gasteiger partial charge in [0, 0.05) is 11.1 Å². The van der Waals surface area contributed by atoms with Crippen LogP contribution in [0.15, 0.2) is 54.6 Å². The fourth-order valence-electron chi connectivity index (χ4n) is 2.17. The Bertz CT molecular complexity index is 579. The Morgan fingerprint density at radius 2 is 1.38 bits per heavy atom. The molecular weight excluding hydrogens is 258 g/mol. The molecule has 21 heavy (non-hydrogen) atoms. The number of carbonyl (C=O) groups excluding carboxylic acids is 1. The molecule has 2 aromatic rings. The Labute approximate surface area is 127 Å². The Morgan fingerprint density at radius 3 is 1.90 bits per heavy atom. The third-order valence-corrected chi connectivity index (χ3v) is 3.25. The number of rotatable bonds is 4. The number of nitrogens with one attached hydrogen (secondary N) is 1. The summed E-state index contributed by atoms with van der Waals surface area (Å²) in [6, 6.07) is 18.3. The lowest BCUT2D eigenvalue weighted by Gasteiger charge is -2.20. The van der Waals surface area contributed by atoms with Crippen LogP contribution in [0.25, 0.3) is 0 Å². The van der Waals surface area contributed by atoms with E-state index >= 15 is 0 Å². The van der Waals surface area contributed by atoms with E-state index in [-0.39, 0.29) is 11.4 Å². The van der Waals surface area contributed by atoms with Crippen LogP contribution in [-0.4, -0.2) is 11.4 Å². The molecule has 2 nitrogen and oxygen atoms in total. The highest BCUT2D eigenvalue weighted by molar-refractivity contribution is 5.94. The van der Waals surface area contributed by atoms with E-state index in [0.717, 1.165) is 12.8 Å². The molecule has 0 spiro atoms. The van der Waals surface area contributed by atoms with Gasteiger partial charge in [0.1, 0.15) is 0 Å². The van der Waals surface area contributed by atoms with Gasteiger partial charge in [-0.25, -0.2) is 0 Å². The predicted octanol–water partition coefficient (Wildman–Crippen LogP) is 4.00. The first-order valence-electron chi connectivity index (χ1n) is 7.39. The number of carbonyl (C=O) groups is 1. The third kappa shape index (κ3) is 5.07. The highest BCUT2D eigenvalue weighted by atomic mass is 16.1. The highest BCUT2D eigenvalue weighted by Gasteiger charge is 2.14.